The van der Waals surface area contributed by atoms with E-state index in [-0.39, 0.29) is 0 Å². The lowest BCUT2D eigenvalue weighted by molar-refractivity contribution is 0.669. The van der Waals surface area contributed by atoms with E-state index in [1.807, 2.05) is 42.5 Å². The van der Waals surface area contributed by atoms with E-state index >= 15 is 0 Å². The van der Waals surface area contributed by atoms with Crippen molar-refractivity contribution >= 4 is 54.5 Å². The van der Waals surface area contributed by atoms with Gasteiger partial charge < -0.3 is 4.42 Å². The van der Waals surface area contributed by atoms with E-state index < -0.39 is 5.41 Å². The highest BCUT2D eigenvalue weighted by Gasteiger charge is 2.50. The van der Waals surface area contributed by atoms with Gasteiger partial charge in [0.25, 0.3) is 0 Å². The highest BCUT2D eigenvalue weighted by molar-refractivity contribution is 6.26. The largest absolute Gasteiger partial charge is 0.456 e. The summed E-state index contributed by atoms with van der Waals surface area (Å²) in [7, 11) is 0. The number of benzene rings is 9. The molecule has 3 aromatic heterocycles. The summed E-state index contributed by atoms with van der Waals surface area (Å²) in [6, 6.07) is 69.7. The molecule has 0 unspecified atom stereocenters. The summed E-state index contributed by atoms with van der Waals surface area (Å²) in [6.45, 7) is 0. The van der Waals surface area contributed by atoms with Crippen molar-refractivity contribution in [3.05, 3.63) is 216 Å². The molecule has 0 radical (unpaired) electrons. The molecule has 0 saturated heterocycles. The Hall–Kier alpha value is -8.15. The highest BCUT2D eigenvalue weighted by Crippen LogP contribution is 2.62. The fourth-order valence-electron chi connectivity index (χ4n) is 10.9. The van der Waals surface area contributed by atoms with Gasteiger partial charge in [-0.3, -0.25) is 4.57 Å². The van der Waals surface area contributed by atoms with Crippen LogP contribution in [-0.4, -0.2) is 19.5 Å². The fraction of sp³-hybridized carbons (Fsp3) is 0.0179. The minimum Gasteiger partial charge on any atom is -0.456 e. The molecule has 5 heteroatoms. The molecular weight excluding hydrogens is 745 g/mol. The van der Waals surface area contributed by atoms with Gasteiger partial charge in [0.15, 0.2) is 11.6 Å². The van der Waals surface area contributed by atoms with Crippen LogP contribution in [0, 0.1) is 0 Å². The smallest absolute Gasteiger partial charge is 0.238 e. The maximum absolute atomic E-state index is 6.22. The van der Waals surface area contributed by atoms with Crippen LogP contribution in [0.15, 0.2) is 199 Å². The molecule has 0 bridgehead atoms. The number of nitrogens with zero attached hydrogens (tertiary/aromatic N) is 4. The molecule has 0 atom stereocenters. The third-order valence-electron chi connectivity index (χ3n) is 13.3. The van der Waals surface area contributed by atoms with Gasteiger partial charge in [-0.1, -0.05) is 158 Å². The lowest BCUT2D eigenvalue weighted by Gasteiger charge is -2.40. The van der Waals surface area contributed by atoms with Crippen molar-refractivity contribution < 1.29 is 4.42 Å². The van der Waals surface area contributed by atoms with Crippen LogP contribution in [0.1, 0.15) is 22.3 Å². The molecule has 14 rings (SSSR count). The first-order chi connectivity index (χ1) is 30.3. The minimum atomic E-state index is -0.475. The third-order valence-corrected chi connectivity index (χ3v) is 13.3. The average molecular weight is 777 g/mol. The Labute approximate surface area is 349 Å². The number of aromatic nitrogens is 4. The standard InChI is InChI=1S/C56H32N4O/c1-2-15-33(16-3-1)53-57-54(34-29-30-50-41(31-34)38-20-8-13-28-49(38)61-50)59-55(58-53)60-47-27-12-7-21-39(47)52-40-22-14-26-46-51(40)42(32-48(52)60)37-19-6-11-25-45(37)56(46)43-23-9-4-17-35(43)36-18-5-10-24-44(36)56/h1-32H. The Balaban J connectivity index is 1.10. The van der Waals surface area contributed by atoms with Crippen LogP contribution < -0.4 is 0 Å². The zero-order valence-corrected chi connectivity index (χ0v) is 32.7. The summed E-state index contributed by atoms with van der Waals surface area (Å²) >= 11 is 0. The number of fused-ring (bicyclic) bond motifs is 16. The molecule has 0 fully saturated rings. The van der Waals surface area contributed by atoms with Crippen molar-refractivity contribution in [2.75, 3.05) is 0 Å². The van der Waals surface area contributed by atoms with Crippen molar-refractivity contribution in [2.45, 2.75) is 5.41 Å². The monoisotopic (exact) mass is 776 g/mol. The quantitative estimate of drug-likeness (QED) is 0.179. The van der Waals surface area contributed by atoms with Crippen LogP contribution in [0.25, 0.3) is 105 Å². The lowest BCUT2D eigenvalue weighted by Crippen LogP contribution is -2.31. The third kappa shape index (κ3) is 4.26. The molecule has 12 aromatic rings. The van der Waals surface area contributed by atoms with Crippen LogP contribution in [-0.2, 0) is 5.41 Å². The Morgan fingerprint density at radius 1 is 0.361 bits per heavy atom. The Bertz CT molecular complexity index is 3790. The molecule has 9 aromatic carbocycles. The van der Waals surface area contributed by atoms with E-state index in [9.17, 15) is 0 Å². The van der Waals surface area contributed by atoms with Crippen molar-refractivity contribution in [3.63, 3.8) is 0 Å². The van der Waals surface area contributed by atoms with E-state index in [0.29, 0.717) is 17.6 Å². The summed E-state index contributed by atoms with van der Waals surface area (Å²) in [5.74, 6) is 1.77. The van der Waals surface area contributed by atoms with Crippen molar-refractivity contribution in [1.82, 2.24) is 19.5 Å². The summed E-state index contributed by atoms with van der Waals surface area (Å²) in [5, 5.41) is 6.91. The molecule has 282 valence electrons. The van der Waals surface area contributed by atoms with Gasteiger partial charge >= 0.3 is 0 Å². The van der Waals surface area contributed by atoms with Gasteiger partial charge in [-0.15, -0.1) is 0 Å². The Morgan fingerprint density at radius 2 is 0.934 bits per heavy atom. The van der Waals surface area contributed by atoms with Gasteiger partial charge in [0.1, 0.15) is 11.2 Å². The molecular formula is C56H32N4O. The lowest BCUT2D eigenvalue weighted by atomic mass is 9.61. The number of furan rings is 1. The topological polar surface area (TPSA) is 56.7 Å². The molecule has 2 aliphatic carbocycles. The van der Waals surface area contributed by atoms with Gasteiger partial charge in [-0.25, -0.2) is 4.98 Å². The molecule has 3 heterocycles. The molecule has 0 aliphatic heterocycles. The SMILES string of the molecule is c1ccc(-c2nc(-c3ccc4oc5ccccc5c4c3)nc(-n3c4ccccc4c4c5cccc6c5c(cc43)-c3ccccc3C63c4ccccc4-c4ccccc43)n2)cc1. The molecule has 0 amide bonds. The fourth-order valence-corrected chi connectivity index (χ4v) is 10.9. The summed E-state index contributed by atoms with van der Waals surface area (Å²) in [6.07, 6.45) is 0. The first-order valence-electron chi connectivity index (χ1n) is 20.8. The Morgan fingerprint density at radius 3 is 1.69 bits per heavy atom. The predicted molar refractivity (Wildman–Crippen MR) is 246 cm³/mol. The van der Waals surface area contributed by atoms with Crippen molar-refractivity contribution in [1.29, 1.82) is 0 Å². The Kier molecular flexibility index (Phi) is 6.43. The molecule has 2 aliphatic rings. The maximum atomic E-state index is 6.22. The van der Waals surface area contributed by atoms with Crippen molar-refractivity contribution in [3.8, 4) is 51.0 Å². The number of hydrogen-bond donors (Lipinski definition) is 0. The molecule has 5 nitrogen and oxygen atoms in total. The first kappa shape index (κ1) is 32.8. The van der Waals surface area contributed by atoms with Crippen LogP contribution in [0.5, 0.6) is 0 Å². The van der Waals surface area contributed by atoms with Crippen LogP contribution in [0.3, 0.4) is 0 Å². The van der Waals surface area contributed by atoms with E-state index in [1.165, 1.54) is 60.7 Å². The maximum Gasteiger partial charge on any atom is 0.238 e. The van der Waals surface area contributed by atoms with Gasteiger partial charge in [0, 0.05) is 32.7 Å². The van der Waals surface area contributed by atoms with E-state index in [1.54, 1.807) is 0 Å². The summed E-state index contributed by atoms with van der Waals surface area (Å²) in [5.41, 5.74) is 15.4. The van der Waals surface area contributed by atoms with E-state index in [0.717, 1.165) is 49.5 Å². The second kappa shape index (κ2) is 12.0. The predicted octanol–water partition coefficient (Wildman–Crippen LogP) is 13.7. The number of hydrogen-bond acceptors (Lipinski definition) is 4. The minimum absolute atomic E-state index is 0.475. The average Bonchev–Trinajstić information content (AvgIpc) is 3.97. The molecule has 0 saturated carbocycles. The molecule has 0 N–H and O–H groups in total. The van der Waals surface area contributed by atoms with Crippen molar-refractivity contribution in [2.24, 2.45) is 0 Å². The normalized spacial score (nSPS) is 13.4. The van der Waals surface area contributed by atoms with Gasteiger partial charge in [0.2, 0.25) is 5.95 Å². The second-order valence-corrected chi connectivity index (χ2v) is 16.2. The first-order valence-corrected chi connectivity index (χ1v) is 20.8. The summed E-state index contributed by atoms with van der Waals surface area (Å²) in [4.78, 5) is 15.8. The van der Waals surface area contributed by atoms with Crippen LogP contribution >= 0.6 is 0 Å². The zero-order chi connectivity index (χ0) is 39.8. The zero-order valence-electron chi connectivity index (χ0n) is 32.7. The second-order valence-electron chi connectivity index (χ2n) is 16.2. The molecule has 61 heavy (non-hydrogen) atoms. The molecule has 1 spiro atoms. The van der Waals surface area contributed by atoms with E-state index in [4.69, 9.17) is 19.4 Å². The van der Waals surface area contributed by atoms with E-state index in [2.05, 4.69) is 156 Å². The van der Waals surface area contributed by atoms with Gasteiger partial charge in [-0.2, -0.15) is 9.97 Å². The van der Waals surface area contributed by atoms with Gasteiger partial charge in [-0.05, 0) is 91.7 Å². The highest BCUT2D eigenvalue weighted by atomic mass is 16.3. The van der Waals surface area contributed by atoms with Crippen LogP contribution in [0.4, 0.5) is 0 Å². The number of rotatable bonds is 3. The van der Waals surface area contributed by atoms with Gasteiger partial charge in [0.05, 0.1) is 16.4 Å². The number of para-hydroxylation sites is 2. The summed E-state index contributed by atoms with van der Waals surface area (Å²) < 4.78 is 8.47. The van der Waals surface area contributed by atoms with Crippen LogP contribution in [0.2, 0.25) is 0 Å².